The first kappa shape index (κ1) is 19.1. The maximum Gasteiger partial charge on any atom is 0.256 e. The van der Waals surface area contributed by atoms with Gasteiger partial charge in [0.1, 0.15) is 17.2 Å². The largest absolute Gasteiger partial charge is 0.481 e. The maximum absolute atomic E-state index is 13.9. The third-order valence-electron chi connectivity index (χ3n) is 4.94. The van der Waals surface area contributed by atoms with Crippen LogP contribution in [0.25, 0.3) is 5.65 Å². The topological polar surface area (TPSA) is 105 Å². The minimum atomic E-state index is -0.422. The molecule has 1 aliphatic rings. The van der Waals surface area contributed by atoms with Gasteiger partial charge in [-0.05, 0) is 25.0 Å². The van der Waals surface area contributed by atoms with E-state index in [0.29, 0.717) is 28.5 Å². The molecular formula is C19H21FN6O3. The smallest absolute Gasteiger partial charge is 0.256 e. The zero-order valence-corrected chi connectivity index (χ0v) is 15.9. The minimum absolute atomic E-state index is 0.141. The highest BCUT2D eigenvalue weighted by Gasteiger charge is 2.31. The number of carbonyl (C=O) groups is 1. The molecule has 9 nitrogen and oxygen atoms in total. The fourth-order valence-electron chi connectivity index (χ4n) is 3.66. The van der Waals surface area contributed by atoms with Gasteiger partial charge in [-0.25, -0.2) is 18.9 Å². The van der Waals surface area contributed by atoms with Crippen LogP contribution in [0.3, 0.4) is 0 Å². The number of pyridine rings is 1. The Labute approximate surface area is 166 Å². The number of rotatable bonds is 6. The van der Waals surface area contributed by atoms with Gasteiger partial charge < -0.3 is 20.1 Å². The summed E-state index contributed by atoms with van der Waals surface area (Å²) >= 11 is 0. The molecule has 1 saturated heterocycles. The third kappa shape index (κ3) is 3.58. The van der Waals surface area contributed by atoms with Crippen molar-refractivity contribution in [2.24, 2.45) is 0 Å². The predicted molar refractivity (Wildman–Crippen MR) is 102 cm³/mol. The Morgan fingerprint density at radius 1 is 1.45 bits per heavy atom. The van der Waals surface area contributed by atoms with E-state index in [0.717, 1.165) is 25.6 Å². The van der Waals surface area contributed by atoms with Gasteiger partial charge in [0.25, 0.3) is 5.91 Å². The first-order chi connectivity index (χ1) is 14.1. The fourth-order valence-corrected chi connectivity index (χ4v) is 3.66. The van der Waals surface area contributed by atoms with Crippen molar-refractivity contribution in [1.29, 1.82) is 0 Å². The number of anilines is 1. The molecule has 152 valence electrons. The number of nitrogens with zero attached hydrogens (tertiary/aromatic N) is 5. The molecule has 0 aromatic carbocycles. The number of hydrogen-bond acceptors (Lipinski definition) is 7. The molecule has 0 saturated carbocycles. The van der Waals surface area contributed by atoms with Crippen LogP contribution in [-0.4, -0.2) is 57.4 Å². The summed E-state index contributed by atoms with van der Waals surface area (Å²) in [6.45, 7) is 0.729. The molecule has 4 rings (SSSR count). The van der Waals surface area contributed by atoms with E-state index in [1.807, 2.05) is 6.07 Å². The maximum atomic E-state index is 13.9. The second-order valence-electron chi connectivity index (χ2n) is 6.70. The van der Waals surface area contributed by atoms with Crippen LogP contribution in [0.2, 0.25) is 0 Å². The number of nitrogens with one attached hydrogen (secondary N) is 1. The average Bonchev–Trinajstić information content (AvgIpc) is 3.38. The number of halogens is 1. The van der Waals surface area contributed by atoms with Crippen molar-refractivity contribution in [3.63, 3.8) is 0 Å². The molecular weight excluding hydrogens is 379 g/mol. The van der Waals surface area contributed by atoms with E-state index in [2.05, 4.69) is 25.3 Å². The van der Waals surface area contributed by atoms with Gasteiger partial charge in [-0.2, -0.15) is 5.10 Å². The fraction of sp³-hybridized carbons (Fsp3) is 0.368. The number of fused-ring (bicyclic) bond motifs is 1. The van der Waals surface area contributed by atoms with E-state index in [9.17, 15) is 9.18 Å². The predicted octanol–water partition coefficient (Wildman–Crippen LogP) is 1.34. The number of methoxy groups -OCH3 is 1. The van der Waals surface area contributed by atoms with Crippen LogP contribution < -0.4 is 15.0 Å². The monoisotopic (exact) mass is 400 g/mol. The summed E-state index contributed by atoms with van der Waals surface area (Å²) in [7, 11) is 1.51. The molecule has 1 unspecified atom stereocenters. The minimum Gasteiger partial charge on any atom is -0.481 e. The molecule has 3 aromatic rings. The van der Waals surface area contributed by atoms with E-state index in [1.165, 1.54) is 23.9 Å². The molecule has 0 bridgehead atoms. The van der Waals surface area contributed by atoms with Gasteiger partial charge in [-0.15, -0.1) is 0 Å². The van der Waals surface area contributed by atoms with Gasteiger partial charge in [-0.1, -0.05) is 0 Å². The first-order valence-electron chi connectivity index (χ1n) is 9.32. The second kappa shape index (κ2) is 8.00. The van der Waals surface area contributed by atoms with E-state index >= 15 is 0 Å². The van der Waals surface area contributed by atoms with Gasteiger partial charge in [0.2, 0.25) is 5.88 Å². The molecule has 4 heterocycles. The molecule has 3 aromatic heterocycles. The molecule has 1 aliphatic heterocycles. The molecule has 1 amide bonds. The van der Waals surface area contributed by atoms with Crippen LogP contribution in [0, 0.1) is 5.82 Å². The van der Waals surface area contributed by atoms with Gasteiger partial charge >= 0.3 is 0 Å². The van der Waals surface area contributed by atoms with Crippen LogP contribution in [0.1, 0.15) is 34.8 Å². The zero-order valence-electron chi connectivity index (χ0n) is 15.9. The summed E-state index contributed by atoms with van der Waals surface area (Å²) < 4.78 is 20.7. The summed E-state index contributed by atoms with van der Waals surface area (Å²) in [6.07, 6.45) is 6.02. The molecule has 0 radical (unpaired) electrons. The number of aliphatic hydroxyl groups excluding tert-OH is 1. The summed E-state index contributed by atoms with van der Waals surface area (Å²) in [5, 5.41) is 15.7. The number of hydrogen-bond donors (Lipinski definition) is 2. The Hall–Kier alpha value is -3.27. The van der Waals surface area contributed by atoms with Gasteiger partial charge in [0, 0.05) is 24.8 Å². The highest BCUT2D eigenvalue weighted by molar-refractivity contribution is 5.99. The van der Waals surface area contributed by atoms with Crippen LogP contribution in [0.4, 0.5) is 10.2 Å². The van der Waals surface area contributed by atoms with Crippen molar-refractivity contribution in [3.8, 4) is 5.88 Å². The molecule has 0 aliphatic carbocycles. The lowest BCUT2D eigenvalue weighted by Gasteiger charge is -2.26. The quantitative estimate of drug-likeness (QED) is 0.643. The van der Waals surface area contributed by atoms with Crippen molar-refractivity contribution in [1.82, 2.24) is 24.9 Å². The number of aliphatic hydroxyl groups is 1. The van der Waals surface area contributed by atoms with E-state index in [4.69, 9.17) is 9.84 Å². The molecule has 1 atom stereocenters. The van der Waals surface area contributed by atoms with Crippen molar-refractivity contribution in [2.75, 3.05) is 31.7 Å². The number of aromatic nitrogens is 4. The van der Waals surface area contributed by atoms with Crippen LogP contribution in [0.5, 0.6) is 5.88 Å². The summed E-state index contributed by atoms with van der Waals surface area (Å²) in [6, 6.07) is 3.12. The third-order valence-corrected chi connectivity index (χ3v) is 4.94. The van der Waals surface area contributed by atoms with Crippen LogP contribution in [0.15, 0.2) is 30.7 Å². The summed E-state index contributed by atoms with van der Waals surface area (Å²) in [4.78, 5) is 23.1. The molecule has 0 spiro atoms. The second-order valence-corrected chi connectivity index (χ2v) is 6.70. The molecule has 29 heavy (non-hydrogen) atoms. The van der Waals surface area contributed by atoms with Crippen LogP contribution >= 0.6 is 0 Å². The highest BCUT2D eigenvalue weighted by atomic mass is 19.1. The Kier molecular flexibility index (Phi) is 5.26. The summed E-state index contributed by atoms with van der Waals surface area (Å²) in [5.41, 5.74) is 1.40. The Morgan fingerprint density at radius 2 is 2.31 bits per heavy atom. The Morgan fingerprint density at radius 3 is 3.10 bits per heavy atom. The summed E-state index contributed by atoms with van der Waals surface area (Å²) in [5.74, 6) is 0.267. The first-order valence-corrected chi connectivity index (χ1v) is 9.32. The lowest BCUT2D eigenvalue weighted by molar-refractivity contribution is 0.0946. The van der Waals surface area contributed by atoms with Crippen molar-refractivity contribution >= 4 is 17.4 Å². The van der Waals surface area contributed by atoms with Crippen molar-refractivity contribution in [2.45, 2.75) is 18.9 Å². The van der Waals surface area contributed by atoms with Gasteiger partial charge in [0.15, 0.2) is 5.65 Å². The number of carbonyl (C=O) groups excluding carboxylic acids is 1. The zero-order chi connectivity index (χ0) is 20.4. The van der Waals surface area contributed by atoms with E-state index in [-0.39, 0.29) is 25.1 Å². The Balaban J connectivity index is 1.70. The molecule has 2 N–H and O–H groups in total. The normalized spacial score (nSPS) is 16.4. The van der Waals surface area contributed by atoms with Gasteiger partial charge in [0.05, 0.1) is 32.2 Å². The van der Waals surface area contributed by atoms with E-state index in [1.54, 1.807) is 6.20 Å². The van der Waals surface area contributed by atoms with Crippen molar-refractivity contribution < 1.29 is 19.0 Å². The molecule has 10 heteroatoms. The van der Waals surface area contributed by atoms with Crippen LogP contribution in [-0.2, 0) is 0 Å². The van der Waals surface area contributed by atoms with Gasteiger partial charge in [-0.3, -0.25) is 4.79 Å². The SMILES string of the molecule is COc1ncc(F)cc1C1CCCN1c1ccn2ncc(C(=O)NCCO)c2n1. The lowest BCUT2D eigenvalue weighted by atomic mass is 10.1. The van der Waals surface area contributed by atoms with E-state index < -0.39 is 5.82 Å². The lowest BCUT2D eigenvalue weighted by Crippen LogP contribution is -2.27. The standard InChI is InChI=1S/C19H21FN6O3/c1-29-19-13(9-12(20)10-22-19)15-3-2-6-25(15)16-4-7-26-17(24-16)14(11-23-26)18(28)21-5-8-27/h4,7,9-11,15,27H,2-3,5-6,8H2,1H3,(H,21,28). The van der Waals surface area contributed by atoms with Crippen molar-refractivity contribution in [3.05, 3.63) is 47.7 Å². The Bertz CT molecular complexity index is 1040. The number of ether oxygens (including phenoxy) is 1. The number of amides is 1. The molecule has 1 fully saturated rings. The average molecular weight is 400 g/mol. The highest BCUT2D eigenvalue weighted by Crippen LogP contribution is 2.38.